The van der Waals surface area contributed by atoms with Gasteiger partial charge in [-0.05, 0) is 42.8 Å². The van der Waals surface area contributed by atoms with Crippen LogP contribution in [-0.4, -0.2) is 50.4 Å². The van der Waals surface area contributed by atoms with Crippen molar-refractivity contribution < 1.29 is 38.2 Å². The molecule has 1 aromatic heterocycles. The summed E-state index contributed by atoms with van der Waals surface area (Å²) in [4.78, 5) is 27.7. The predicted octanol–water partition coefficient (Wildman–Crippen LogP) is 3.64. The van der Waals surface area contributed by atoms with Gasteiger partial charge in [0.15, 0.2) is 28.8 Å². The Bertz CT molecular complexity index is 1330. The molecule has 182 valence electrons. The zero-order valence-corrected chi connectivity index (χ0v) is 19.8. The zero-order chi connectivity index (χ0) is 25.3. The number of anilines is 1. The third-order valence-electron chi connectivity index (χ3n) is 5.69. The lowest BCUT2D eigenvalue weighted by Crippen LogP contribution is -2.29. The number of aliphatic hydroxyl groups excluding tert-OH is 1. The van der Waals surface area contributed by atoms with E-state index in [0.717, 1.165) is 0 Å². The Morgan fingerprint density at radius 1 is 0.886 bits per heavy atom. The fourth-order valence-electron chi connectivity index (χ4n) is 4.01. The molecule has 35 heavy (non-hydrogen) atoms. The molecule has 4 rings (SSSR count). The SMILES string of the molecule is COc1ccc(C(O)=C2C(=O)C(=O)N(c3cc(C)on3)C2c2ccc(OC)c(OC)c2)cc1OC. The number of aryl methyl sites for hydroxylation is 1. The van der Waals surface area contributed by atoms with Crippen molar-refractivity contribution >= 4 is 23.3 Å². The standard InChI is InChI=1S/C25H24N2O8/c1-13-10-20(26-35-13)27-22(14-6-8-16(31-2)18(11-14)33-4)21(24(29)25(27)30)23(28)15-7-9-17(32-3)19(12-15)34-5/h6-12,22,28H,1-5H3. The van der Waals surface area contributed by atoms with Gasteiger partial charge in [-0.25, -0.2) is 0 Å². The first-order valence-electron chi connectivity index (χ1n) is 10.5. The summed E-state index contributed by atoms with van der Waals surface area (Å²) < 4.78 is 26.5. The van der Waals surface area contributed by atoms with Gasteiger partial charge in [0.25, 0.3) is 5.78 Å². The maximum Gasteiger partial charge on any atom is 0.301 e. The minimum atomic E-state index is -1.02. The Hall–Kier alpha value is -4.47. The molecule has 1 amide bonds. The van der Waals surface area contributed by atoms with Crippen LogP contribution in [0.5, 0.6) is 23.0 Å². The molecule has 1 aliphatic heterocycles. The van der Waals surface area contributed by atoms with Crippen LogP contribution in [-0.2, 0) is 9.59 Å². The van der Waals surface area contributed by atoms with Crippen molar-refractivity contribution in [2.45, 2.75) is 13.0 Å². The smallest absolute Gasteiger partial charge is 0.301 e. The van der Waals surface area contributed by atoms with Crippen LogP contribution in [0.25, 0.3) is 5.76 Å². The van der Waals surface area contributed by atoms with Gasteiger partial charge < -0.3 is 28.6 Å². The topological polar surface area (TPSA) is 121 Å². The van der Waals surface area contributed by atoms with E-state index in [1.54, 1.807) is 37.3 Å². The van der Waals surface area contributed by atoms with Gasteiger partial charge in [-0.1, -0.05) is 11.2 Å². The van der Waals surface area contributed by atoms with Crippen LogP contribution >= 0.6 is 0 Å². The van der Waals surface area contributed by atoms with Crippen LogP contribution in [0.1, 0.15) is 22.9 Å². The molecule has 10 heteroatoms. The number of carbonyl (C=O) groups excluding carboxylic acids is 2. The van der Waals surface area contributed by atoms with Crippen molar-refractivity contribution in [1.29, 1.82) is 0 Å². The third kappa shape index (κ3) is 4.03. The summed E-state index contributed by atoms with van der Waals surface area (Å²) in [6.45, 7) is 1.67. The van der Waals surface area contributed by atoms with Gasteiger partial charge in [-0.15, -0.1) is 0 Å². The summed E-state index contributed by atoms with van der Waals surface area (Å²) in [5.74, 6) is 0.108. The van der Waals surface area contributed by atoms with Crippen LogP contribution in [0, 0.1) is 6.92 Å². The van der Waals surface area contributed by atoms with Crippen LogP contribution in [0.3, 0.4) is 0 Å². The lowest BCUT2D eigenvalue weighted by atomic mass is 9.95. The molecule has 1 fully saturated rings. The highest BCUT2D eigenvalue weighted by Crippen LogP contribution is 2.44. The highest BCUT2D eigenvalue weighted by atomic mass is 16.5. The van der Waals surface area contributed by atoms with Crippen LogP contribution in [0.2, 0.25) is 0 Å². The number of Topliss-reactive ketones (excluding diaryl/α,β-unsaturated/α-hetero) is 1. The first kappa shape index (κ1) is 23.7. The minimum absolute atomic E-state index is 0.130. The number of ether oxygens (including phenoxy) is 4. The van der Waals surface area contributed by atoms with Crippen molar-refractivity contribution in [3.8, 4) is 23.0 Å². The van der Waals surface area contributed by atoms with E-state index in [0.29, 0.717) is 34.3 Å². The van der Waals surface area contributed by atoms with Gasteiger partial charge >= 0.3 is 5.91 Å². The number of carbonyl (C=O) groups is 2. The van der Waals surface area contributed by atoms with Crippen LogP contribution in [0.4, 0.5) is 5.82 Å². The van der Waals surface area contributed by atoms with Gasteiger partial charge in [0.1, 0.15) is 11.5 Å². The molecule has 2 aromatic carbocycles. The van der Waals surface area contributed by atoms with E-state index < -0.39 is 17.7 Å². The first-order chi connectivity index (χ1) is 16.8. The summed E-state index contributed by atoms with van der Waals surface area (Å²) in [5, 5.41) is 15.2. The molecule has 1 saturated heterocycles. The second-order valence-electron chi connectivity index (χ2n) is 7.65. The summed E-state index contributed by atoms with van der Waals surface area (Å²) in [6, 6.07) is 10.2. The number of benzene rings is 2. The Balaban J connectivity index is 1.96. The number of aliphatic hydroxyl groups is 1. The minimum Gasteiger partial charge on any atom is -0.507 e. The molecular weight excluding hydrogens is 456 g/mol. The first-order valence-corrected chi connectivity index (χ1v) is 10.5. The third-order valence-corrected chi connectivity index (χ3v) is 5.69. The maximum atomic E-state index is 13.3. The van der Waals surface area contributed by atoms with E-state index in [4.69, 9.17) is 23.5 Å². The molecule has 10 nitrogen and oxygen atoms in total. The number of nitrogens with zero attached hydrogens (tertiary/aromatic N) is 2. The molecule has 3 aromatic rings. The average Bonchev–Trinajstić information content (AvgIpc) is 3.42. The van der Waals surface area contributed by atoms with Crippen molar-refractivity contribution in [3.05, 3.63) is 64.9 Å². The monoisotopic (exact) mass is 480 g/mol. The molecule has 0 aliphatic carbocycles. The summed E-state index contributed by atoms with van der Waals surface area (Å²) in [7, 11) is 5.92. The lowest BCUT2D eigenvalue weighted by Gasteiger charge is -2.23. The fraction of sp³-hybridized carbons (Fsp3) is 0.240. The molecule has 0 radical (unpaired) electrons. The van der Waals surface area contributed by atoms with Gasteiger partial charge in [0, 0.05) is 11.6 Å². The number of ketones is 1. The predicted molar refractivity (Wildman–Crippen MR) is 125 cm³/mol. The van der Waals surface area contributed by atoms with E-state index >= 15 is 0 Å². The van der Waals surface area contributed by atoms with E-state index in [2.05, 4.69) is 5.16 Å². The number of amides is 1. The summed E-state index contributed by atoms with van der Waals surface area (Å²) in [5.41, 5.74) is 0.627. The Morgan fingerprint density at radius 3 is 2.06 bits per heavy atom. The largest absolute Gasteiger partial charge is 0.507 e. The highest BCUT2D eigenvalue weighted by Gasteiger charge is 2.48. The van der Waals surface area contributed by atoms with Crippen molar-refractivity contribution in [2.75, 3.05) is 33.3 Å². The molecule has 2 heterocycles. The van der Waals surface area contributed by atoms with E-state index in [-0.39, 0.29) is 22.7 Å². The second kappa shape index (κ2) is 9.41. The Kier molecular flexibility index (Phi) is 6.37. The molecule has 0 spiro atoms. The van der Waals surface area contributed by atoms with Gasteiger partial charge in [0.2, 0.25) is 0 Å². The maximum absolute atomic E-state index is 13.3. The van der Waals surface area contributed by atoms with Crippen molar-refractivity contribution in [1.82, 2.24) is 5.16 Å². The van der Waals surface area contributed by atoms with E-state index in [9.17, 15) is 14.7 Å². The molecule has 1 N–H and O–H groups in total. The average molecular weight is 480 g/mol. The number of hydrogen-bond acceptors (Lipinski definition) is 9. The molecule has 0 bridgehead atoms. The Labute approximate surface area is 201 Å². The van der Waals surface area contributed by atoms with Crippen molar-refractivity contribution in [2.24, 2.45) is 0 Å². The highest BCUT2D eigenvalue weighted by molar-refractivity contribution is 6.51. The van der Waals surface area contributed by atoms with Crippen LogP contribution < -0.4 is 23.8 Å². The van der Waals surface area contributed by atoms with Crippen LogP contribution in [0.15, 0.2) is 52.6 Å². The fourth-order valence-corrected chi connectivity index (χ4v) is 4.01. The summed E-state index contributed by atoms with van der Waals surface area (Å²) >= 11 is 0. The molecular formula is C25H24N2O8. The molecule has 1 unspecified atom stereocenters. The van der Waals surface area contributed by atoms with Crippen molar-refractivity contribution in [3.63, 3.8) is 0 Å². The van der Waals surface area contributed by atoms with Gasteiger partial charge in [0.05, 0.1) is 40.1 Å². The second-order valence-corrected chi connectivity index (χ2v) is 7.65. The number of rotatable bonds is 7. The van der Waals surface area contributed by atoms with Gasteiger partial charge in [-0.3, -0.25) is 14.5 Å². The normalized spacial score (nSPS) is 16.9. The zero-order valence-electron chi connectivity index (χ0n) is 19.8. The number of aromatic nitrogens is 1. The Morgan fingerprint density at radius 2 is 1.49 bits per heavy atom. The molecule has 0 saturated carbocycles. The number of hydrogen-bond donors (Lipinski definition) is 1. The van der Waals surface area contributed by atoms with E-state index in [1.807, 2.05) is 0 Å². The molecule has 1 aliphatic rings. The summed E-state index contributed by atoms with van der Waals surface area (Å²) in [6.07, 6.45) is 0. The number of methoxy groups -OCH3 is 4. The molecule has 1 atom stereocenters. The van der Waals surface area contributed by atoms with E-state index in [1.165, 1.54) is 45.5 Å². The lowest BCUT2D eigenvalue weighted by molar-refractivity contribution is -0.132. The quantitative estimate of drug-likeness (QED) is 0.307. The van der Waals surface area contributed by atoms with Gasteiger partial charge in [-0.2, -0.15) is 0 Å².